The van der Waals surface area contributed by atoms with Crippen LogP contribution in [0, 0.1) is 0 Å². The number of rotatable bonds is 2. The molecular formula is C14H21N7O. The first-order valence-electron chi connectivity index (χ1n) is 7.78. The van der Waals surface area contributed by atoms with Crippen molar-refractivity contribution in [1.29, 1.82) is 0 Å². The number of nitrogens with one attached hydrogen (secondary N) is 1. The van der Waals surface area contributed by atoms with Crippen molar-refractivity contribution in [2.24, 2.45) is 0 Å². The number of hydrogen-bond acceptors (Lipinski definition) is 7. The minimum atomic E-state index is 0.743. The predicted octanol–water partition coefficient (Wildman–Crippen LogP) is -0.0587. The molecule has 0 aliphatic carbocycles. The van der Waals surface area contributed by atoms with Crippen molar-refractivity contribution in [3.8, 4) is 0 Å². The third kappa shape index (κ3) is 2.48. The molecule has 4 rings (SSSR count). The summed E-state index contributed by atoms with van der Waals surface area (Å²) in [7, 11) is 2.15. The van der Waals surface area contributed by atoms with Gasteiger partial charge >= 0.3 is 0 Å². The Balaban J connectivity index is 1.70. The fourth-order valence-corrected chi connectivity index (χ4v) is 2.97. The Kier molecular flexibility index (Phi) is 3.55. The van der Waals surface area contributed by atoms with E-state index in [1.807, 2.05) is 6.20 Å². The highest BCUT2D eigenvalue weighted by atomic mass is 16.5. The number of anilines is 2. The highest BCUT2D eigenvalue weighted by Gasteiger charge is 2.22. The molecule has 2 aromatic rings. The van der Waals surface area contributed by atoms with Gasteiger partial charge in [-0.3, -0.25) is 5.10 Å². The molecule has 8 heteroatoms. The highest BCUT2D eigenvalue weighted by Crippen LogP contribution is 2.26. The molecule has 2 aliphatic rings. The molecular weight excluding hydrogens is 282 g/mol. The summed E-state index contributed by atoms with van der Waals surface area (Å²) in [5, 5.41) is 8.12. The molecule has 0 unspecified atom stereocenters. The van der Waals surface area contributed by atoms with Crippen LogP contribution in [0.15, 0.2) is 6.20 Å². The van der Waals surface area contributed by atoms with Crippen LogP contribution in [0.25, 0.3) is 11.0 Å². The van der Waals surface area contributed by atoms with Gasteiger partial charge in [-0.2, -0.15) is 15.1 Å². The van der Waals surface area contributed by atoms with Gasteiger partial charge in [-0.15, -0.1) is 0 Å². The Hall–Kier alpha value is -1.93. The standard InChI is InChI=1S/C14H21N7O/c1-19-2-4-21(5-3-19)14-16-12-11(10-15-18-12)13(17-14)20-6-8-22-9-7-20/h10H,2-9H2,1H3,(H,15,16,17,18). The van der Waals surface area contributed by atoms with E-state index in [4.69, 9.17) is 9.72 Å². The van der Waals surface area contributed by atoms with Crippen LogP contribution in [0.4, 0.5) is 11.8 Å². The van der Waals surface area contributed by atoms with Crippen LogP contribution in [0.5, 0.6) is 0 Å². The van der Waals surface area contributed by atoms with E-state index in [1.165, 1.54) is 0 Å². The highest BCUT2D eigenvalue weighted by molar-refractivity contribution is 5.87. The molecule has 118 valence electrons. The second kappa shape index (κ2) is 5.69. The number of piperazine rings is 1. The maximum Gasteiger partial charge on any atom is 0.229 e. The second-order valence-electron chi connectivity index (χ2n) is 5.87. The van der Waals surface area contributed by atoms with Crippen LogP contribution in [-0.4, -0.2) is 84.6 Å². The van der Waals surface area contributed by atoms with Gasteiger partial charge in [0.05, 0.1) is 24.8 Å². The van der Waals surface area contributed by atoms with Crippen molar-refractivity contribution in [1.82, 2.24) is 25.1 Å². The molecule has 22 heavy (non-hydrogen) atoms. The zero-order valence-corrected chi connectivity index (χ0v) is 12.8. The number of likely N-dealkylation sites (N-methyl/N-ethyl adjacent to an activating group) is 1. The number of nitrogens with zero attached hydrogens (tertiary/aromatic N) is 6. The molecule has 2 fully saturated rings. The first kappa shape index (κ1) is 13.7. The average Bonchev–Trinajstić information content (AvgIpc) is 3.04. The average molecular weight is 303 g/mol. The van der Waals surface area contributed by atoms with Gasteiger partial charge in [0, 0.05) is 39.3 Å². The van der Waals surface area contributed by atoms with E-state index < -0.39 is 0 Å². The Bertz CT molecular complexity index is 644. The summed E-state index contributed by atoms with van der Waals surface area (Å²) in [5.74, 6) is 1.77. The van der Waals surface area contributed by atoms with E-state index in [1.54, 1.807) is 0 Å². The quantitative estimate of drug-likeness (QED) is 0.833. The van der Waals surface area contributed by atoms with Gasteiger partial charge in [-0.25, -0.2) is 0 Å². The van der Waals surface area contributed by atoms with Crippen LogP contribution < -0.4 is 9.80 Å². The van der Waals surface area contributed by atoms with Gasteiger partial charge in [-0.1, -0.05) is 0 Å². The Morgan fingerprint density at radius 3 is 2.55 bits per heavy atom. The van der Waals surface area contributed by atoms with Gasteiger partial charge in [0.2, 0.25) is 5.95 Å². The van der Waals surface area contributed by atoms with Crippen molar-refractivity contribution in [3.05, 3.63) is 6.20 Å². The number of H-pyrrole nitrogens is 1. The Morgan fingerprint density at radius 2 is 1.77 bits per heavy atom. The molecule has 2 aromatic heterocycles. The molecule has 0 amide bonds. The summed E-state index contributed by atoms with van der Waals surface area (Å²) in [5.41, 5.74) is 0.811. The molecule has 0 radical (unpaired) electrons. The smallest absolute Gasteiger partial charge is 0.229 e. The lowest BCUT2D eigenvalue weighted by Crippen LogP contribution is -2.45. The lowest BCUT2D eigenvalue weighted by Gasteiger charge is -2.33. The summed E-state index contributed by atoms with van der Waals surface area (Å²) in [6.45, 7) is 7.20. The van der Waals surface area contributed by atoms with Crippen molar-refractivity contribution in [2.45, 2.75) is 0 Å². The first-order chi connectivity index (χ1) is 10.8. The van der Waals surface area contributed by atoms with Crippen LogP contribution >= 0.6 is 0 Å². The van der Waals surface area contributed by atoms with Gasteiger partial charge in [0.25, 0.3) is 0 Å². The van der Waals surface area contributed by atoms with Crippen molar-refractivity contribution >= 4 is 22.8 Å². The van der Waals surface area contributed by atoms with Crippen molar-refractivity contribution in [2.75, 3.05) is 69.3 Å². The molecule has 0 aromatic carbocycles. The molecule has 4 heterocycles. The Morgan fingerprint density at radius 1 is 1.00 bits per heavy atom. The number of aromatic nitrogens is 4. The molecule has 0 saturated carbocycles. The molecule has 1 N–H and O–H groups in total. The minimum Gasteiger partial charge on any atom is -0.378 e. The monoisotopic (exact) mass is 303 g/mol. The molecule has 2 saturated heterocycles. The fraction of sp³-hybridized carbons (Fsp3) is 0.643. The summed E-state index contributed by atoms with van der Waals surface area (Å²) < 4.78 is 5.45. The zero-order chi connectivity index (χ0) is 14.9. The number of ether oxygens (including phenoxy) is 1. The van der Waals surface area contributed by atoms with Gasteiger partial charge in [-0.05, 0) is 7.05 Å². The van der Waals surface area contributed by atoms with Crippen molar-refractivity contribution < 1.29 is 4.74 Å². The predicted molar refractivity (Wildman–Crippen MR) is 84.4 cm³/mol. The molecule has 0 bridgehead atoms. The first-order valence-corrected chi connectivity index (χ1v) is 7.78. The summed E-state index contributed by atoms with van der Waals surface area (Å²) in [6.07, 6.45) is 1.81. The van der Waals surface area contributed by atoms with E-state index in [0.717, 1.165) is 75.3 Å². The lowest BCUT2D eigenvalue weighted by molar-refractivity contribution is 0.122. The SMILES string of the molecule is CN1CCN(c2nc(N3CCOCC3)c3cn[nH]c3n2)CC1. The maximum atomic E-state index is 5.45. The van der Waals surface area contributed by atoms with Gasteiger partial charge < -0.3 is 19.4 Å². The summed E-state index contributed by atoms with van der Waals surface area (Å²) in [6, 6.07) is 0. The topological polar surface area (TPSA) is 73.4 Å². The minimum absolute atomic E-state index is 0.743. The van der Waals surface area contributed by atoms with E-state index in [-0.39, 0.29) is 0 Å². The van der Waals surface area contributed by atoms with Gasteiger partial charge in [0.15, 0.2) is 5.65 Å². The van der Waals surface area contributed by atoms with E-state index in [9.17, 15) is 0 Å². The number of morpholine rings is 1. The molecule has 0 atom stereocenters. The van der Waals surface area contributed by atoms with E-state index in [0.29, 0.717) is 0 Å². The van der Waals surface area contributed by atoms with Crippen LogP contribution in [0.1, 0.15) is 0 Å². The van der Waals surface area contributed by atoms with E-state index >= 15 is 0 Å². The fourth-order valence-electron chi connectivity index (χ4n) is 2.97. The molecule has 8 nitrogen and oxygen atoms in total. The Labute approximate surface area is 129 Å². The number of fused-ring (bicyclic) bond motifs is 1. The molecule has 0 spiro atoms. The summed E-state index contributed by atoms with van der Waals surface area (Å²) >= 11 is 0. The zero-order valence-electron chi connectivity index (χ0n) is 12.8. The normalized spacial score (nSPS) is 20.8. The lowest BCUT2D eigenvalue weighted by atomic mass is 10.3. The third-order valence-electron chi connectivity index (χ3n) is 4.37. The largest absolute Gasteiger partial charge is 0.378 e. The molecule has 2 aliphatic heterocycles. The summed E-state index contributed by atoms with van der Waals surface area (Å²) in [4.78, 5) is 16.4. The van der Waals surface area contributed by atoms with Crippen molar-refractivity contribution in [3.63, 3.8) is 0 Å². The maximum absolute atomic E-state index is 5.45. The number of hydrogen-bond donors (Lipinski definition) is 1. The van der Waals surface area contributed by atoms with Crippen LogP contribution in [0.3, 0.4) is 0 Å². The number of aromatic amines is 1. The second-order valence-corrected chi connectivity index (χ2v) is 5.87. The van der Waals surface area contributed by atoms with E-state index in [2.05, 4.69) is 36.9 Å². The van der Waals surface area contributed by atoms with Gasteiger partial charge in [0.1, 0.15) is 5.82 Å². The van der Waals surface area contributed by atoms with Crippen LogP contribution in [0.2, 0.25) is 0 Å². The third-order valence-corrected chi connectivity index (χ3v) is 4.37. The van der Waals surface area contributed by atoms with Crippen LogP contribution in [-0.2, 0) is 4.74 Å².